The highest BCUT2D eigenvalue weighted by molar-refractivity contribution is 5.72. The van der Waals surface area contributed by atoms with Crippen LogP contribution in [0.2, 0.25) is 0 Å². The molecule has 0 aliphatic rings. The van der Waals surface area contributed by atoms with Crippen LogP contribution in [0.1, 0.15) is 25.6 Å². The molecule has 0 bridgehead atoms. The predicted molar refractivity (Wildman–Crippen MR) is 53.2 cm³/mol. The van der Waals surface area contributed by atoms with Gasteiger partial charge in [0, 0.05) is 13.0 Å². The molecule has 0 unspecified atom stereocenters. The van der Waals surface area contributed by atoms with Crippen molar-refractivity contribution in [3.8, 4) is 0 Å². The topological polar surface area (TPSA) is 63.6 Å². The average Bonchev–Trinajstić information content (AvgIpc) is 2.48. The molecule has 0 atom stereocenters. The Morgan fingerprint density at radius 3 is 2.86 bits per heavy atom. The summed E-state index contributed by atoms with van der Waals surface area (Å²) in [5.41, 5.74) is 1.05. The summed E-state index contributed by atoms with van der Waals surface area (Å²) in [5.74, 6) is 0.919. The fourth-order valence-electron chi connectivity index (χ4n) is 1.38. The maximum atomic E-state index is 11.6. The lowest BCUT2D eigenvalue weighted by Crippen LogP contribution is -2.14. The lowest BCUT2D eigenvalue weighted by atomic mass is 10.2. The van der Waals surface area contributed by atoms with E-state index in [0.29, 0.717) is 16.9 Å². The standard InChI is InChI=1S/C9H12N4O/c1-5(2)8-11-6-4-10-13(3)7(6)9(14)12-8/h4-5H,1-3H3,(H,11,12,14). The summed E-state index contributed by atoms with van der Waals surface area (Å²) in [6, 6.07) is 0. The molecular weight excluding hydrogens is 180 g/mol. The zero-order valence-corrected chi connectivity index (χ0v) is 8.40. The molecule has 0 radical (unpaired) electrons. The van der Waals surface area contributed by atoms with Crippen molar-refractivity contribution >= 4 is 11.0 Å². The van der Waals surface area contributed by atoms with Crippen molar-refractivity contribution < 1.29 is 0 Å². The van der Waals surface area contributed by atoms with E-state index in [1.165, 1.54) is 4.68 Å². The Bertz CT molecular complexity index is 523. The predicted octanol–water partition coefficient (Wildman–Crippen LogP) is 0.780. The molecule has 0 amide bonds. The highest BCUT2D eigenvalue weighted by Gasteiger charge is 2.09. The van der Waals surface area contributed by atoms with E-state index in [-0.39, 0.29) is 11.5 Å². The molecule has 2 heterocycles. The van der Waals surface area contributed by atoms with Crippen molar-refractivity contribution in [3.05, 3.63) is 22.4 Å². The first-order chi connectivity index (χ1) is 6.59. The highest BCUT2D eigenvalue weighted by Crippen LogP contribution is 2.10. The molecule has 2 rings (SSSR count). The minimum atomic E-state index is -0.126. The van der Waals surface area contributed by atoms with Crippen molar-refractivity contribution in [2.24, 2.45) is 7.05 Å². The highest BCUT2D eigenvalue weighted by atomic mass is 16.1. The maximum absolute atomic E-state index is 11.6. The van der Waals surface area contributed by atoms with Crippen LogP contribution >= 0.6 is 0 Å². The van der Waals surface area contributed by atoms with Gasteiger partial charge in [-0.25, -0.2) is 4.98 Å². The van der Waals surface area contributed by atoms with Crippen molar-refractivity contribution in [2.75, 3.05) is 0 Å². The van der Waals surface area contributed by atoms with Crippen molar-refractivity contribution in [3.63, 3.8) is 0 Å². The van der Waals surface area contributed by atoms with Gasteiger partial charge in [-0.1, -0.05) is 13.8 Å². The van der Waals surface area contributed by atoms with E-state index in [0.717, 1.165) is 0 Å². The van der Waals surface area contributed by atoms with Crippen LogP contribution in [-0.2, 0) is 7.05 Å². The molecule has 5 nitrogen and oxygen atoms in total. The number of hydrogen-bond donors (Lipinski definition) is 1. The Hall–Kier alpha value is -1.65. The molecule has 2 aromatic heterocycles. The monoisotopic (exact) mass is 192 g/mol. The smallest absolute Gasteiger partial charge is 0.277 e. The van der Waals surface area contributed by atoms with Gasteiger partial charge in [-0.15, -0.1) is 0 Å². The van der Waals surface area contributed by atoms with Crippen LogP contribution in [0.4, 0.5) is 0 Å². The molecule has 0 aliphatic heterocycles. The van der Waals surface area contributed by atoms with Crippen LogP contribution in [-0.4, -0.2) is 19.7 Å². The number of hydrogen-bond acceptors (Lipinski definition) is 3. The summed E-state index contributed by atoms with van der Waals surface area (Å²) in [5, 5.41) is 3.99. The Morgan fingerprint density at radius 2 is 2.21 bits per heavy atom. The largest absolute Gasteiger partial charge is 0.308 e. The Balaban J connectivity index is 2.81. The van der Waals surface area contributed by atoms with Gasteiger partial charge in [-0.05, 0) is 0 Å². The number of nitrogens with zero attached hydrogens (tertiary/aromatic N) is 3. The van der Waals surface area contributed by atoms with Gasteiger partial charge in [0.25, 0.3) is 5.56 Å². The lowest BCUT2D eigenvalue weighted by Gasteiger charge is -2.03. The molecule has 5 heteroatoms. The van der Waals surface area contributed by atoms with Gasteiger partial charge in [0.2, 0.25) is 0 Å². The van der Waals surface area contributed by atoms with Gasteiger partial charge >= 0.3 is 0 Å². The number of aromatic amines is 1. The number of fused-ring (bicyclic) bond motifs is 1. The summed E-state index contributed by atoms with van der Waals surface area (Å²) in [4.78, 5) is 18.7. The fourth-order valence-corrected chi connectivity index (χ4v) is 1.38. The number of aryl methyl sites for hydroxylation is 1. The lowest BCUT2D eigenvalue weighted by molar-refractivity contribution is 0.765. The number of aromatic nitrogens is 4. The zero-order chi connectivity index (χ0) is 10.3. The number of rotatable bonds is 1. The van der Waals surface area contributed by atoms with Crippen LogP contribution in [0.5, 0.6) is 0 Å². The summed E-state index contributed by atoms with van der Waals surface area (Å²) in [6.07, 6.45) is 1.61. The minimum Gasteiger partial charge on any atom is -0.308 e. The first-order valence-corrected chi connectivity index (χ1v) is 4.51. The first-order valence-electron chi connectivity index (χ1n) is 4.51. The molecule has 0 fully saturated rings. The van der Waals surface area contributed by atoms with Gasteiger partial charge < -0.3 is 4.98 Å². The summed E-state index contributed by atoms with van der Waals surface area (Å²) < 4.78 is 1.53. The molecule has 0 aromatic carbocycles. The summed E-state index contributed by atoms with van der Waals surface area (Å²) in [6.45, 7) is 3.97. The molecule has 0 saturated carbocycles. The van der Waals surface area contributed by atoms with E-state index in [1.807, 2.05) is 13.8 Å². The van der Waals surface area contributed by atoms with Crippen LogP contribution in [0.3, 0.4) is 0 Å². The van der Waals surface area contributed by atoms with Crippen molar-refractivity contribution in [1.82, 2.24) is 19.7 Å². The second kappa shape index (κ2) is 2.94. The van der Waals surface area contributed by atoms with E-state index in [9.17, 15) is 4.79 Å². The molecular formula is C9H12N4O. The third kappa shape index (κ3) is 1.21. The first kappa shape index (κ1) is 8.93. The van der Waals surface area contributed by atoms with Gasteiger partial charge in [-0.3, -0.25) is 9.48 Å². The second-order valence-corrected chi connectivity index (χ2v) is 3.61. The van der Waals surface area contributed by atoms with E-state index >= 15 is 0 Å². The van der Waals surface area contributed by atoms with Crippen molar-refractivity contribution in [2.45, 2.75) is 19.8 Å². The molecule has 1 N–H and O–H groups in total. The van der Waals surface area contributed by atoms with Gasteiger partial charge in [0.15, 0.2) is 5.52 Å². The minimum absolute atomic E-state index is 0.126. The summed E-state index contributed by atoms with van der Waals surface area (Å²) in [7, 11) is 1.73. The van der Waals surface area contributed by atoms with Crippen LogP contribution < -0.4 is 5.56 Å². The van der Waals surface area contributed by atoms with Crippen LogP contribution in [0, 0.1) is 0 Å². The average molecular weight is 192 g/mol. The molecule has 14 heavy (non-hydrogen) atoms. The quantitative estimate of drug-likeness (QED) is 0.726. The van der Waals surface area contributed by atoms with Gasteiger partial charge in [0.05, 0.1) is 6.20 Å². The molecule has 74 valence electrons. The zero-order valence-electron chi connectivity index (χ0n) is 8.40. The molecule has 2 aromatic rings. The van der Waals surface area contributed by atoms with Crippen LogP contribution in [0.25, 0.3) is 11.0 Å². The number of nitrogens with one attached hydrogen (secondary N) is 1. The van der Waals surface area contributed by atoms with Gasteiger partial charge in [-0.2, -0.15) is 5.10 Å². The maximum Gasteiger partial charge on any atom is 0.277 e. The fraction of sp³-hybridized carbons (Fsp3) is 0.444. The van der Waals surface area contributed by atoms with E-state index in [1.54, 1.807) is 13.2 Å². The van der Waals surface area contributed by atoms with E-state index in [4.69, 9.17) is 0 Å². The molecule has 0 aliphatic carbocycles. The Labute approximate surface area is 80.8 Å². The van der Waals surface area contributed by atoms with Crippen LogP contribution in [0.15, 0.2) is 11.0 Å². The SMILES string of the molecule is CC(C)c1nc2cnn(C)c2c(=O)[nH]1. The molecule has 0 saturated heterocycles. The van der Waals surface area contributed by atoms with E-state index < -0.39 is 0 Å². The van der Waals surface area contributed by atoms with Gasteiger partial charge in [0.1, 0.15) is 11.3 Å². The number of H-pyrrole nitrogens is 1. The third-order valence-electron chi connectivity index (χ3n) is 2.16. The Morgan fingerprint density at radius 1 is 1.50 bits per heavy atom. The second-order valence-electron chi connectivity index (χ2n) is 3.61. The van der Waals surface area contributed by atoms with Crippen molar-refractivity contribution in [1.29, 1.82) is 0 Å². The molecule has 0 spiro atoms. The summed E-state index contributed by atoms with van der Waals surface area (Å²) >= 11 is 0. The normalized spacial score (nSPS) is 11.4. The third-order valence-corrected chi connectivity index (χ3v) is 2.16. The van der Waals surface area contributed by atoms with E-state index in [2.05, 4.69) is 15.1 Å². The Kier molecular flexibility index (Phi) is 1.87.